The van der Waals surface area contributed by atoms with Crippen molar-refractivity contribution in [1.29, 1.82) is 0 Å². The monoisotopic (exact) mass is 459 g/mol. The lowest BCUT2D eigenvalue weighted by molar-refractivity contribution is 0.100. The Morgan fingerprint density at radius 1 is 1.03 bits per heavy atom. The molecule has 3 nitrogen and oxygen atoms in total. The topological polar surface area (TPSA) is 52.3 Å². The van der Waals surface area contributed by atoms with E-state index in [1.807, 2.05) is 48.5 Å². The molecule has 0 aliphatic heterocycles. The van der Waals surface area contributed by atoms with E-state index in [4.69, 9.17) is 16.9 Å². The number of hydrogen-bond acceptors (Lipinski definition) is 3. The second-order valence-electron chi connectivity index (χ2n) is 8.76. The molecule has 1 aliphatic rings. The van der Waals surface area contributed by atoms with Gasteiger partial charge < -0.3 is 10.5 Å². The molecule has 0 bridgehead atoms. The molecule has 3 heteroatoms. The third kappa shape index (κ3) is 5.69. The third-order valence-electron chi connectivity index (χ3n) is 6.32. The molecule has 35 heavy (non-hydrogen) atoms. The van der Waals surface area contributed by atoms with Gasteiger partial charge in [0.15, 0.2) is 5.78 Å². The largest absolute Gasteiger partial charge is 0.457 e. The summed E-state index contributed by atoms with van der Waals surface area (Å²) in [6.45, 7) is 4.34. The second-order valence-corrected chi connectivity index (χ2v) is 8.76. The zero-order valence-corrected chi connectivity index (χ0v) is 20.1. The normalized spacial score (nSPS) is 20.1. The van der Waals surface area contributed by atoms with Gasteiger partial charge in [-0.3, -0.25) is 4.79 Å². The summed E-state index contributed by atoms with van der Waals surface area (Å²) in [6.07, 6.45) is 13.1. The van der Waals surface area contributed by atoms with Gasteiger partial charge in [-0.2, -0.15) is 0 Å². The zero-order chi connectivity index (χ0) is 24.8. The fourth-order valence-corrected chi connectivity index (χ4v) is 4.02. The van der Waals surface area contributed by atoms with Gasteiger partial charge in [-0.25, -0.2) is 0 Å². The molecule has 0 amide bonds. The lowest BCUT2D eigenvalue weighted by Crippen LogP contribution is -2.13. The molecule has 0 radical (unpaired) electrons. The van der Waals surface area contributed by atoms with Gasteiger partial charge >= 0.3 is 0 Å². The van der Waals surface area contributed by atoms with Gasteiger partial charge in [0.2, 0.25) is 0 Å². The molecule has 0 spiro atoms. The van der Waals surface area contributed by atoms with Crippen LogP contribution in [0.1, 0.15) is 41.8 Å². The number of nitrogens with two attached hydrogens (primary N) is 1. The maximum absolute atomic E-state index is 11.9. The molecule has 174 valence electrons. The van der Waals surface area contributed by atoms with Crippen molar-refractivity contribution in [3.63, 3.8) is 0 Å². The fraction of sp³-hybridized carbons (Fsp3) is 0.156. The maximum Gasteiger partial charge on any atom is 0.176 e. The van der Waals surface area contributed by atoms with E-state index in [2.05, 4.69) is 50.1 Å². The number of ether oxygens (including phenoxy) is 1. The minimum absolute atomic E-state index is 0.0138. The average molecular weight is 460 g/mol. The molecule has 0 saturated carbocycles. The Kier molecular flexibility index (Phi) is 7.45. The van der Waals surface area contributed by atoms with Crippen LogP contribution in [0.2, 0.25) is 0 Å². The van der Waals surface area contributed by atoms with Crippen LogP contribution < -0.4 is 10.5 Å². The summed E-state index contributed by atoms with van der Waals surface area (Å²) in [6, 6.07) is 23.5. The Balaban J connectivity index is 1.77. The summed E-state index contributed by atoms with van der Waals surface area (Å²) >= 11 is 0. The van der Waals surface area contributed by atoms with Crippen LogP contribution in [-0.2, 0) is 0 Å². The quantitative estimate of drug-likeness (QED) is 0.325. The van der Waals surface area contributed by atoms with Crippen molar-refractivity contribution in [3.05, 3.63) is 119 Å². The molecular formula is C32H29NO2. The number of benzene rings is 3. The van der Waals surface area contributed by atoms with Gasteiger partial charge in [0.1, 0.15) is 11.5 Å². The van der Waals surface area contributed by atoms with E-state index < -0.39 is 0 Å². The first-order chi connectivity index (χ1) is 17.0. The second kappa shape index (κ2) is 10.9. The Hall–Kier alpha value is -4.13. The number of terminal acetylenes is 1. The molecule has 1 atom stereocenters. The van der Waals surface area contributed by atoms with Crippen LogP contribution >= 0.6 is 0 Å². The van der Waals surface area contributed by atoms with Gasteiger partial charge in [0.25, 0.3) is 0 Å². The smallest absolute Gasteiger partial charge is 0.176 e. The van der Waals surface area contributed by atoms with E-state index in [9.17, 15) is 4.79 Å². The minimum atomic E-state index is -0.0923. The van der Waals surface area contributed by atoms with Crippen molar-refractivity contribution in [3.8, 4) is 29.2 Å². The van der Waals surface area contributed by atoms with Crippen LogP contribution in [0.4, 0.5) is 0 Å². The molecule has 0 saturated heterocycles. The number of allylic oxidation sites excluding steroid dienone is 5. The Morgan fingerprint density at radius 2 is 1.77 bits per heavy atom. The minimum Gasteiger partial charge on any atom is -0.457 e. The molecule has 3 aromatic carbocycles. The molecule has 0 heterocycles. The van der Waals surface area contributed by atoms with E-state index in [0.717, 1.165) is 40.0 Å². The highest BCUT2D eigenvalue weighted by Gasteiger charge is 2.14. The summed E-state index contributed by atoms with van der Waals surface area (Å²) in [7, 11) is 0. The van der Waals surface area contributed by atoms with E-state index in [0.29, 0.717) is 17.2 Å². The molecule has 0 fully saturated rings. The van der Waals surface area contributed by atoms with E-state index in [-0.39, 0.29) is 12.3 Å². The average Bonchev–Trinajstić information content (AvgIpc) is 2.90. The van der Waals surface area contributed by atoms with Gasteiger partial charge in [-0.1, -0.05) is 79.1 Å². The van der Waals surface area contributed by atoms with Crippen molar-refractivity contribution in [2.24, 2.45) is 11.7 Å². The third-order valence-corrected chi connectivity index (χ3v) is 6.32. The molecule has 1 unspecified atom stereocenters. The van der Waals surface area contributed by atoms with Crippen molar-refractivity contribution in [1.82, 2.24) is 0 Å². The first-order valence-electron chi connectivity index (χ1n) is 11.8. The van der Waals surface area contributed by atoms with Crippen LogP contribution in [0, 0.1) is 18.3 Å². The van der Waals surface area contributed by atoms with Crippen molar-refractivity contribution in [2.75, 3.05) is 6.54 Å². The van der Waals surface area contributed by atoms with E-state index in [1.165, 1.54) is 5.57 Å². The first kappa shape index (κ1) is 24.0. The van der Waals surface area contributed by atoms with Crippen LogP contribution in [-0.4, -0.2) is 12.3 Å². The zero-order valence-electron chi connectivity index (χ0n) is 20.1. The number of Topliss-reactive ketones (excluding diaryl/α,β-unsaturated/α-hetero) is 1. The molecule has 2 N–H and O–H groups in total. The summed E-state index contributed by atoms with van der Waals surface area (Å²) in [5.41, 5.74) is 12.2. The first-order valence-corrected chi connectivity index (χ1v) is 11.8. The molecular weight excluding hydrogens is 430 g/mol. The Bertz CT molecular complexity index is 1350. The number of rotatable bonds is 6. The lowest BCUT2D eigenvalue weighted by atomic mass is 9.92. The predicted octanol–water partition coefficient (Wildman–Crippen LogP) is 6.81. The number of carbonyl (C=O) groups is 1. The van der Waals surface area contributed by atoms with Crippen LogP contribution in [0.5, 0.6) is 5.75 Å². The van der Waals surface area contributed by atoms with Gasteiger partial charge in [-0.15, -0.1) is 6.42 Å². The maximum atomic E-state index is 11.9. The van der Waals surface area contributed by atoms with Gasteiger partial charge in [0.05, 0.1) is 6.54 Å². The number of ketones is 1. The Morgan fingerprint density at radius 3 is 2.46 bits per heavy atom. The standard InChI is InChI=1S/C32H29NO2/c1-4-24-11-17-30(26-13-15-27(16-14-26)31(34)21-33)32(19-24)35-29-18-23(3)22(2)10-12-28(20-29)25-8-6-5-7-9-25/h1,5-9,11-20,22H,10,21,33H2,2-3H3/b23-18-,28-12-,29-20+. The van der Waals surface area contributed by atoms with E-state index in [1.54, 1.807) is 12.1 Å². The van der Waals surface area contributed by atoms with Crippen molar-refractivity contribution < 1.29 is 9.53 Å². The van der Waals surface area contributed by atoms with Gasteiger partial charge in [-0.05, 0) is 66.3 Å². The molecule has 1 aliphatic carbocycles. The highest BCUT2D eigenvalue weighted by atomic mass is 16.5. The van der Waals surface area contributed by atoms with Crippen LogP contribution in [0.25, 0.3) is 16.7 Å². The summed E-state index contributed by atoms with van der Waals surface area (Å²) in [5, 5.41) is 0. The number of carbonyl (C=O) groups excluding carboxylic acids is 1. The molecule has 0 aromatic heterocycles. The lowest BCUT2D eigenvalue weighted by Gasteiger charge is -2.18. The molecule has 3 aromatic rings. The highest BCUT2D eigenvalue weighted by molar-refractivity contribution is 5.98. The Labute approximate surface area is 207 Å². The summed E-state index contributed by atoms with van der Waals surface area (Å²) in [4.78, 5) is 11.9. The molecule has 4 rings (SSSR count). The van der Waals surface area contributed by atoms with Crippen LogP contribution in [0.15, 0.2) is 102 Å². The predicted molar refractivity (Wildman–Crippen MR) is 144 cm³/mol. The highest BCUT2D eigenvalue weighted by Crippen LogP contribution is 2.34. The van der Waals surface area contributed by atoms with Gasteiger partial charge in [0, 0.05) is 16.7 Å². The van der Waals surface area contributed by atoms with Crippen molar-refractivity contribution in [2.45, 2.75) is 20.3 Å². The fourth-order valence-electron chi connectivity index (χ4n) is 4.02. The summed E-state index contributed by atoms with van der Waals surface area (Å²) in [5.74, 6) is 4.41. The van der Waals surface area contributed by atoms with Crippen molar-refractivity contribution >= 4 is 11.4 Å². The van der Waals surface area contributed by atoms with E-state index >= 15 is 0 Å². The SMILES string of the molecule is C#Cc1ccc(-c2ccc(C(=O)CN)cc2)c(OC2=C/C(c3ccccc3)=C/CC(C)/C(C)=C\2)c1. The van der Waals surface area contributed by atoms with Crippen LogP contribution in [0.3, 0.4) is 0 Å². The summed E-state index contributed by atoms with van der Waals surface area (Å²) < 4.78 is 6.55. The number of hydrogen-bond donors (Lipinski definition) is 1.